The molecule has 0 radical (unpaired) electrons. The normalized spacial score (nSPS) is 20.4. The number of hydrogen-bond donors (Lipinski definition) is 1. The molecule has 0 bridgehead atoms. The Morgan fingerprint density at radius 2 is 2.06 bits per heavy atom. The van der Waals surface area contributed by atoms with Gasteiger partial charge in [-0.1, -0.05) is 25.2 Å². The number of rotatable bonds is 3. The molecule has 1 aliphatic rings. The topological polar surface area (TPSA) is 46.5 Å². The first-order chi connectivity index (χ1) is 7.65. The van der Waals surface area contributed by atoms with Crippen molar-refractivity contribution < 1.29 is 14.6 Å². The van der Waals surface area contributed by atoms with Crippen LogP contribution >= 0.6 is 0 Å². The van der Waals surface area contributed by atoms with Gasteiger partial charge in [0, 0.05) is 5.92 Å². The summed E-state index contributed by atoms with van der Waals surface area (Å²) in [5.74, 6) is 4.63. The molecule has 0 amide bonds. The molecule has 3 heteroatoms. The minimum atomic E-state index is -1.59. The largest absolute Gasteiger partial charge is 0.463 e. The highest BCUT2D eigenvalue weighted by Crippen LogP contribution is 2.33. The van der Waals surface area contributed by atoms with Gasteiger partial charge in [0.15, 0.2) is 0 Å². The first-order valence-corrected chi connectivity index (χ1v) is 5.98. The van der Waals surface area contributed by atoms with Gasteiger partial charge >= 0.3 is 5.97 Å². The van der Waals surface area contributed by atoms with Crippen LogP contribution < -0.4 is 0 Å². The fraction of sp³-hybridized carbons (Fsp3) is 0.769. The number of carbonyl (C=O) groups excluding carboxylic acids is 1. The third-order valence-electron chi connectivity index (χ3n) is 3.10. The van der Waals surface area contributed by atoms with Gasteiger partial charge in [-0.25, -0.2) is 4.79 Å². The maximum absolute atomic E-state index is 11.8. The number of ether oxygens (including phenoxy) is 1. The van der Waals surface area contributed by atoms with Crippen molar-refractivity contribution in [2.45, 2.75) is 51.6 Å². The Labute approximate surface area is 97.2 Å². The molecule has 0 aromatic heterocycles. The fourth-order valence-electron chi connectivity index (χ4n) is 2.27. The SMILES string of the molecule is CC#C[C@](O)(C(=O)OCC)C1CCCCC1. The quantitative estimate of drug-likeness (QED) is 0.588. The van der Waals surface area contributed by atoms with Crippen molar-refractivity contribution in [3.8, 4) is 11.8 Å². The van der Waals surface area contributed by atoms with Crippen LogP contribution in [0.4, 0.5) is 0 Å². The van der Waals surface area contributed by atoms with Crippen LogP contribution in [0.1, 0.15) is 46.0 Å². The number of aliphatic hydroxyl groups is 1. The summed E-state index contributed by atoms with van der Waals surface area (Å²) in [5, 5.41) is 10.4. The molecule has 0 unspecified atom stereocenters. The van der Waals surface area contributed by atoms with E-state index in [1.54, 1.807) is 13.8 Å². The second-order valence-electron chi connectivity index (χ2n) is 4.20. The maximum Gasteiger partial charge on any atom is 0.351 e. The van der Waals surface area contributed by atoms with Crippen LogP contribution in [-0.2, 0) is 9.53 Å². The molecule has 0 aliphatic heterocycles. The van der Waals surface area contributed by atoms with Crippen LogP contribution in [0.5, 0.6) is 0 Å². The molecular weight excluding hydrogens is 204 g/mol. The average Bonchev–Trinajstić information content (AvgIpc) is 2.30. The molecule has 1 rings (SSSR count). The number of carbonyl (C=O) groups is 1. The molecule has 0 aromatic carbocycles. The molecule has 1 fully saturated rings. The summed E-state index contributed by atoms with van der Waals surface area (Å²) < 4.78 is 4.92. The van der Waals surface area contributed by atoms with E-state index in [0.717, 1.165) is 25.7 Å². The Kier molecular flexibility index (Phi) is 4.82. The first kappa shape index (κ1) is 13.1. The third kappa shape index (κ3) is 2.76. The Balaban J connectivity index is 2.84. The number of esters is 1. The van der Waals surface area contributed by atoms with Gasteiger partial charge in [-0.2, -0.15) is 0 Å². The Hall–Kier alpha value is -1.01. The second kappa shape index (κ2) is 5.91. The summed E-state index contributed by atoms with van der Waals surface area (Å²) in [6.45, 7) is 3.64. The molecule has 1 aliphatic carbocycles. The lowest BCUT2D eigenvalue weighted by Gasteiger charge is -2.32. The predicted molar refractivity (Wildman–Crippen MR) is 61.6 cm³/mol. The Morgan fingerprint density at radius 3 is 2.56 bits per heavy atom. The fourth-order valence-corrected chi connectivity index (χ4v) is 2.27. The lowest BCUT2D eigenvalue weighted by atomic mass is 9.77. The van der Waals surface area contributed by atoms with Crippen LogP contribution in [0, 0.1) is 17.8 Å². The van der Waals surface area contributed by atoms with Gasteiger partial charge in [0.25, 0.3) is 0 Å². The van der Waals surface area contributed by atoms with Gasteiger partial charge < -0.3 is 9.84 Å². The van der Waals surface area contributed by atoms with E-state index < -0.39 is 11.6 Å². The maximum atomic E-state index is 11.8. The van der Waals surface area contributed by atoms with Crippen LogP contribution in [0.25, 0.3) is 0 Å². The van der Waals surface area contributed by atoms with Crippen molar-refractivity contribution in [1.82, 2.24) is 0 Å². The summed E-state index contributed by atoms with van der Waals surface area (Å²) in [6, 6.07) is 0. The summed E-state index contributed by atoms with van der Waals surface area (Å²) in [4.78, 5) is 11.8. The van der Waals surface area contributed by atoms with Crippen molar-refractivity contribution in [2.75, 3.05) is 6.61 Å². The zero-order chi connectivity index (χ0) is 12.0. The van der Waals surface area contributed by atoms with Crippen molar-refractivity contribution in [1.29, 1.82) is 0 Å². The molecular formula is C13H20O3. The highest BCUT2D eigenvalue weighted by atomic mass is 16.5. The minimum absolute atomic E-state index is 0.0762. The standard InChI is InChI=1S/C13H20O3/c1-3-10-13(15,12(14)16-4-2)11-8-6-5-7-9-11/h11,15H,4-9H2,1-2H3/t13-/m1/s1. The minimum Gasteiger partial charge on any atom is -0.463 e. The van der Waals surface area contributed by atoms with Gasteiger partial charge in [0.05, 0.1) is 6.61 Å². The zero-order valence-electron chi connectivity index (χ0n) is 10.1. The summed E-state index contributed by atoms with van der Waals surface area (Å²) in [7, 11) is 0. The Bertz CT molecular complexity index is 294. The van der Waals surface area contributed by atoms with E-state index in [9.17, 15) is 9.90 Å². The highest BCUT2D eigenvalue weighted by molar-refractivity contribution is 5.83. The lowest BCUT2D eigenvalue weighted by Crippen LogP contribution is -2.46. The molecule has 0 saturated heterocycles. The molecule has 0 aromatic rings. The first-order valence-electron chi connectivity index (χ1n) is 5.98. The second-order valence-corrected chi connectivity index (χ2v) is 4.20. The van der Waals surface area contributed by atoms with E-state index in [1.165, 1.54) is 6.42 Å². The molecule has 1 saturated carbocycles. The molecule has 90 valence electrons. The molecule has 0 spiro atoms. The van der Waals surface area contributed by atoms with Crippen LogP contribution in [0.2, 0.25) is 0 Å². The zero-order valence-corrected chi connectivity index (χ0v) is 10.1. The van der Waals surface area contributed by atoms with Crippen LogP contribution in [0.3, 0.4) is 0 Å². The van der Waals surface area contributed by atoms with Crippen molar-refractivity contribution in [2.24, 2.45) is 5.92 Å². The molecule has 1 N–H and O–H groups in total. The van der Waals surface area contributed by atoms with E-state index in [-0.39, 0.29) is 12.5 Å². The van der Waals surface area contributed by atoms with Crippen molar-refractivity contribution in [3.63, 3.8) is 0 Å². The van der Waals surface area contributed by atoms with E-state index >= 15 is 0 Å². The summed E-state index contributed by atoms with van der Waals surface area (Å²) >= 11 is 0. The number of hydrogen-bond acceptors (Lipinski definition) is 3. The van der Waals surface area contributed by atoms with Gasteiger partial charge in [0.2, 0.25) is 5.60 Å². The predicted octanol–water partition coefficient (Wildman–Crippen LogP) is 1.88. The summed E-state index contributed by atoms with van der Waals surface area (Å²) in [5.41, 5.74) is -1.59. The Morgan fingerprint density at radius 1 is 1.44 bits per heavy atom. The van der Waals surface area contributed by atoms with E-state index in [2.05, 4.69) is 11.8 Å². The summed E-state index contributed by atoms with van der Waals surface area (Å²) in [6.07, 6.45) is 4.98. The highest BCUT2D eigenvalue weighted by Gasteiger charge is 2.44. The van der Waals surface area contributed by atoms with E-state index in [4.69, 9.17) is 4.74 Å². The van der Waals surface area contributed by atoms with Crippen molar-refractivity contribution in [3.05, 3.63) is 0 Å². The molecule has 3 nitrogen and oxygen atoms in total. The molecule has 0 heterocycles. The monoisotopic (exact) mass is 224 g/mol. The van der Waals surface area contributed by atoms with E-state index in [0.29, 0.717) is 0 Å². The van der Waals surface area contributed by atoms with Crippen LogP contribution in [-0.4, -0.2) is 23.3 Å². The van der Waals surface area contributed by atoms with Crippen molar-refractivity contribution >= 4 is 5.97 Å². The molecule has 16 heavy (non-hydrogen) atoms. The average molecular weight is 224 g/mol. The van der Waals surface area contributed by atoms with Crippen LogP contribution in [0.15, 0.2) is 0 Å². The lowest BCUT2D eigenvalue weighted by molar-refractivity contribution is -0.164. The van der Waals surface area contributed by atoms with E-state index in [1.807, 2.05) is 0 Å². The van der Waals surface area contributed by atoms with Gasteiger partial charge in [0.1, 0.15) is 0 Å². The third-order valence-corrected chi connectivity index (χ3v) is 3.10. The van der Waals surface area contributed by atoms with Gasteiger partial charge in [-0.15, -0.1) is 5.92 Å². The van der Waals surface area contributed by atoms with Gasteiger partial charge in [-0.05, 0) is 26.7 Å². The smallest absolute Gasteiger partial charge is 0.351 e. The molecule has 1 atom stereocenters. The van der Waals surface area contributed by atoms with Gasteiger partial charge in [-0.3, -0.25) is 0 Å².